The predicted molar refractivity (Wildman–Crippen MR) is 47.1 cm³/mol. The summed E-state index contributed by atoms with van der Waals surface area (Å²) in [5.74, 6) is 0. The van der Waals surface area contributed by atoms with Crippen LogP contribution >= 0.6 is 20.7 Å². The van der Waals surface area contributed by atoms with Crippen molar-refractivity contribution < 1.29 is 5.21 Å². The zero-order valence-corrected chi connectivity index (χ0v) is 7.15. The van der Waals surface area contributed by atoms with E-state index >= 15 is 0 Å². The van der Waals surface area contributed by atoms with Crippen molar-refractivity contribution in [2.45, 2.75) is 0 Å². The Kier molecular flexibility index (Phi) is 1.63. The average Bonchev–Trinajstić information content (AvgIpc) is 2.47. The van der Waals surface area contributed by atoms with Gasteiger partial charge in [0.25, 0.3) is 0 Å². The van der Waals surface area contributed by atoms with Crippen molar-refractivity contribution in [2.24, 2.45) is 5.16 Å². The molecule has 56 valence electrons. The lowest BCUT2D eigenvalue weighted by molar-refractivity contribution is 0.305. The van der Waals surface area contributed by atoms with E-state index in [2.05, 4.69) is 5.16 Å². The fraction of sp³-hybridized carbons (Fsp3) is 0. The molecule has 2 rings (SSSR count). The number of rotatable bonds is 0. The van der Waals surface area contributed by atoms with Crippen LogP contribution in [0.15, 0.2) is 29.4 Å². The molecule has 11 heavy (non-hydrogen) atoms. The molecule has 0 radical (unpaired) electrons. The van der Waals surface area contributed by atoms with Gasteiger partial charge in [0.15, 0.2) is 4.67 Å². The van der Waals surface area contributed by atoms with Gasteiger partial charge < -0.3 is 5.21 Å². The fourth-order valence-electron chi connectivity index (χ4n) is 0.916. The molecule has 0 aliphatic heterocycles. The maximum atomic E-state index is 8.57. The van der Waals surface area contributed by atoms with Crippen LogP contribution in [0.5, 0.6) is 0 Å². The molecule has 0 fully saturated rings. The summed E-state index contributed by atoms with van der Waals surface area (Å²) in [6, 6.07) is 7.89. The van der Waals surface area contributed by atoms with E-state index in [1.165, 1.54) is 15.0 Å². The molecule has 1 aromatic carbocycles. The third-order valence-corrected chi connectivity index (χ3v) is 3.76. The molecule has 2 aromatic rings. The summed E-state index contributed by atoms with van der Waals surface area (Å²) in [4.78, 5) is 0. The fourth-order valence-corrected chi connectivity index (χ4v) is 3.15. The molecule has 0 saturated heterocycles. The minimum Gasteiger partial charge on any atom is -0.410 e. The summed E-state index contributed by atoms with van der Waals surface area (Å²) in [6.07, 6.45) is 0. The Balaban J connectivity index is 2.98. The van der Waals surface area contributed by atoms with E-state index in [9.17, 15) is 0 Å². The maximum Gasteiger partial charge on any atom is 0.173 e. The molecule has 0 unspecified atom stereocenters. The SMILES string of the molecule is O/N=c1\ssc2ccccc12. The van der Waals surface area contributed by atoms with E-state index in [0.29, 0.717) is 4.67 Å². The lowest BCUT2D eigenvalue weighted by Gasteiger charge is -1.82. The van der Waals surface area contributed by atoms with Crippen LogP contribution in [0.2, 0.25) is 0 Å². The Bertz CT molecular complexity index is 429. The Morgan fingerprint density at radius 3 is 2.82 bits per heavy atom. The van der Waals surface area contributed by atoms with E-state index in [-0.39, 0.29) is 0 Å². The molecule has 0 aliphatic rings. The molecule has 0 spiro atoms. The van der Waals surface area contributed by atoms with E-state index in [1.807, 2.05) is 24.3 Å². The van der Waals surface area contributed by atoms with Crippen LogP contribution in [0.3, 0.4) is 0 Å². The second-order valence-corrected chi connectivity index (χ2v) is 4.23. The van der Waals surface area contributed by atoms with E-state index in [0.717, 1.165) is 5.39 Å². The highest BCUT2D eigenvalue weighted by Crippen LogP contribution is 2.18. The number of benzene rings is 1. The predicted octanol–water partition coefficient (Wildman–Crippen LogP) is 2.25. The van der Waals surface area contributed by atoms with Crippen molar-refractivity contribution >= 4 is 30.8 Å². The molecule has 0 aliphatic carbocycles. The van der Waals surface area contributed by atoms with Crippen LogP contribution in [0.4, 0.5) is 0 Å². The minimum absolute atomic E-state index is 0.700. The maximum absolute atomic E-state index is 8.57. The molecule has 1 aromatic heterocycles. The van der Waals surface area contributed by atoms with Crippen LogP contribution in [-0.2, 0) is 0 Å². The Morgan fingerprint density at radius 2 is 2.00 bits per heavy atom. The van der Waals surface area contributed by atoms with Crippen molar-refractivity contribution in [3.63, 3.8) is 0 Å². The molecular weight excluding hydrogens is 178 g/mol. The van der Waals surface area contributed by atoms with Crippen molar-refractivity contribution in [3.05, 3.63) is 28.9 Å². The van der Waals surface area contributed by atoms with Crippen LogP contribution in [-0.4, -0.2) is 5.21 Å². The summed E-state index contributed by atoms with van der Waals surface area (Å²) in [5.41, 5.74) is 0. The normalized spacial score (nSPS) is 12.5. The smallest absolute Gasteiger partial charge is 0.173 e. The monoisotopic (exact) mass is 183 g/mol. The molecular formula is C7H5NOS2. The molecule has 1 heterocycles. The molecule has 0 atom stereocenters. The van der Waals surface area contributed by atoms with E-state index < -0.39 is 0 Å². The number of hydrogen-bond acceptors (Lipinski definition) is 4. The molecule has 0 saturated carbocycles. The van der Waals surface area contributed by atoms with Crippen molar-refractivity contribution in [1.82, 2.24) is 0 Å². The Hall–Kier alpha value is -0.870. The van der Waals surface area contributed by atoms with Crippen LogP contribution in [0.25, 0.3) is 10.1 Å². The van der Waals surface area contributed by atoms with Gasteiger partial charge in [0.1, 0.15) is 0 Å². The first-order chi connectivity index (χ1) is 5.42. The highest BCUT2D eigenvalue weighted by molar-refractivity contribution is 7.71. The zero-order valence-electron chi connectivity index (χ0n) is 5.52. The molecule has 2 nitrogen and oxygen atoms in total. The van der Waals surface area contributed by atoms with Crippen molar-refractivity contribution in [1.29, 1.82) is 0 Å². The first-order valence-corrected chi connectivity index (χ1v) is 5.23. The number of hydrogen-bond donors (Lipinski definition) is 1. The second-order valence-electron chi connectivity index (χ2n) is 2.07. The lowest BCUT2D eigenvalue weighted by atomic mass is 10.3. The van der Waals surface area contributed by atoms with Gasteiger partial charge in [0, 0.05) is 10.1 Å². The average molecular weight is 183 g/mol. The number of nitrogens with zero attached hydrogens (tertiary/aromatic N) is 1. The second kappa shape index (κ2) is 2.64. The summed E-state index contributed by atoms with van der Waals surface area (Å²) in [7, 11) is 3.11. The first kappa shape index (κ1) is 6.82. The molecule has 1 N–H and O–H groups in total. The van der Waals surface area contributed by atoms with E-state index in [4.69, 9.17) is 5.21 Å². The van der Waals surface area contributed by atoms with Gasteiger partial charge in [-0.15, -0.1) is 0 Å². The Labute approximate surface area is 70.4 Å². The number of fused-ring (bicyclic) bond motifs is 1. The van der Waals surface area contributed by atoms with Crippen molar-refractivity contribution in [2.75, 3.05) is 0 Å². The third kappa shape index (κ3) is 1.04. The van der Waals surface area contributed by atoms with Gasteiger partial charge in [-0.1, -0.05) is 44.0 Å². The summed E-state index contributed by atoms with van der Waals surface area (Å²) in [5, 5.41) is 12.8. The van der Waals surface area contributed by atoms with Crippen LogP contribution < -0.4 is 4.67 Å². The van der Waals surface area contributed by atoms with Gasteiger partial charge in [-0.05, 0) is 6.07 Å². The zero-order chi connectivity index (χ0) is 7.68. The summed E-state index contributed by atoms with van der Waals surface area (Å²) < 4.78 is 1.87. The summed E-state index contributed by atoms with van der Waals surface area (Å²) in [6.45, 7) is 0. The first-order valence-electron chi connectivity index (χ1n) is 3.08. The van der Waals surface area contributed by atoms with Gasteiger partial charge in [0.05, 0.1) is 0 Å². The quantitative estimate of drug-likeness (QED) is 0.379. The van der Waals surface area contributed by atoms with Crippen molar-refractivity contribution in [3.8, 4) is 0 Å². The minimum atomic E-state index is 0.700. The van der Waals surface area contributed by atoms with Gasteiger partial charge in [-0.3, -0.25) is 0 Å². The van der Waals surface area contributed by atoms with Gasteiger partial charge in [-0.25, -0.2) is 0 Å². The highest BCUT2D eigenvalue weighted by Gasteiger charge is 1.96. The molecule has 4 heteroatoms. The topological polar surface area (TPSA) is 32.6 Å². The molecule has 0 bridgehead atoms. The van der Waals surface area contributed by atoms with Crippen LogP contribution in [0, 0.1) is 0 Å². The van der Waals surface area contributed by atoms with Crippen LogP contribution in [0.1, 0.15) is 0 Å². The summed E-state index contributed by atoms with van der Waals surface area (Å²) >= 11 is 0. The highest BCUT2D eigenvalue weighted by atomic mass is 32.9. The van der Waals surface area contributed by atoms with E-state index in [1.54, 1.807) is 10.3 Å². The standard InChI is InChI=1S/C7H5NOS2/c9-8-7-5-3-1-2-4-6(5)10-11-7/h1-4,9H/b8-7-. The van der Waals surface area contributed by atoms with Gasteiger partial charge in [-0.2, -0.15) is 0 Å². The lowest BCUT2D eigenvalue weighted by Crippen LogP contribution is -1.90. The van der Waals surface area contributed by atoms with Gasteiger partial charge in [0.2, 0.25) is 0 Å². The third-order valence-electron chi connectivity index (χ3n) is 1.42. The largest absolute Gasteiger partial charge is 0.410 e. The van der Waals surface area contributed by atoms with Gasteiger partial charge >= 0.3 is 0 Å². The Morgan fingerprint density at radius 1 is 1.18 bits per heavy atom. The molecule has 0 amide bonds.